The summed E-state index contributed by atoms with van der Waals surface area (Å²) in [6, 6.07) is 5.51. The van der Waals surface area contributed by atoms with E-state index in [0.29, 0.717) is 23.8 Å². The molecule has 5 heteroatoms. The number of rotatable bonds is 4. The Labute approximate surface area is 109 Å². The molecule has 1 aromatic carbocycles. The van der Waals surface area contributed by atoms with Crippen LogP contribution in [0.4, 0.5) is 0 Å². The van der Waals surface area contributed by atoms with E-state index >= 15 is 0 Å². The minimum absolute atomic E-state index is 0.0176. The Kier molecular flexibility index (Phi) is 4.02. The van der Waals surface area contributed by atoms with Crippen molar-refractivity contribution in [3.63, 3.8) is 0 Å². The Balaban J connectivity index is 2.06. The van der Waals surface area contributed by atoms with E-state index in [1.54, 1.807) is 6.07 Å². The summed E-state index contributed by atoms with van der Waals surface area (Å²) >= 11 is 3.35. The molecule has 0 spiro atoms. The first-order valence-electron chi connectivity index (χ1n) is 5.51. The largest absolute Gasteiger partial charge is 0.492 e. The Hall–Kier alpha value is -1.07. The van der Waals surface area contributed by atoms with E-state index in [1.807, 2.05) is 12.1 Å². The first kappa shape index (κ1) is 12.4. The molecule has 0 aliphatic carbocycles. The highest BCUT2D eigenvalue weighted by atomic mass is 79.9. The molecule has 1 aliphatic heterocycles. The molecule has 4 nitrogen and oxygen atoms in total. The van der Waals surface area contributed by atoms with E-state index in [4.69, 9.17) is 20.6 Å². The minimum Gasteiger partial charge on any atom is -0.492 e. The van der Waals surface area contributed by atoms with Gasteiger partial charge in [-0.15, -0.1) is 0 Å². The second kappa shape index (κ2) is 5.51. The quantitative estimate of drug-likeness (QED) is 0.661. The first-order valence-corrected chi connectivity index (χ1v) is 6.30. The summed E-state index contributed by atoms with van der Waals surface area (Å²) in [7, 11) is 0. The van der Waals surface area contributed by atoms with Gasteiger partial charge >= 0.3 is 0 Å². The van der Waals surface area contributed by atoms with Gasteiger partial charge in [0.05, 0.1) is 18.8 Å². The third-order valence-corrected chi connectivity index (χ3v) is 3.22. The van der Waals surface area contributed by atoms with Gasteiger partial charge in [-0.05, 0) is 24.6 Å². The van der Waals surface area contributed by atoms with Gasteiger partial charge in [0.1, 0.15) is 11.6 Å². The average Bonchev–Trinajstić information content (AvgIpc) is 2.80. The van der Waals surface area contributed by atoms with Gasteiger partial charge in [-0.3, -0.25) is 5.41 Å². The molecule has 1 heterocycles. The summed E-state index contributed by atoms with van der Waals surface area (Å²) in [4.78, 5) is 0. The topological polar surface area (TPSA) is 68.3 Å². The highest BCUT2D eigenvalue weighted by molar-refractivity contribution is 9.10. The summed E-state index contributed by atoms with van der Waals surface area (Å²) in [5.41, 5.74) is 6.15. The van der Waals surface area contributed by atoms with Crippen LogP contribution in [-0.4, -0.2) is 25.7 Å². The lowest BCUT2D eigenvalue weighted by molar-refractivity contribution is 0.167. The summed E-state index contributed by atoms with van der Waals surface area (Å²) in [6.45, 7) is 2.18. The van der Waals surface area contributed by atoms with Crippen molar-refractivity contribution in [2.75, 3.05) is 19.8 Å². The predicted octanol–water partition coefficient (Wildman–Crippen LogP) is 2.15. The highest BCUT2D eigenvalue weighted by Gasteiger charge is 2.17. The summed E-state index contributed by atoms with van der Waals surface area (Å²) in [6.07, 6.45) is 1.03. The monoisotopic (exact) mass is 298 g/mol. The van der Waals surface area contributed by atoms with Crippen LogP contribution in [0.25, 0.3) is 0 Å². The number of benzene rings is 1. The van der Waals surface area contributed by atoms with Crippen LogP contribution in [0.5, 0.6) is 5.75 Å². The second-order valence-electron chi connectivity index (χ2n) is 4.09. The van der Waals surface area contributed by atoms with E-state index in [9.17, 15) is 0 Å². The molecule has 1 aromatic rings. The van der Waals surface area contributed by atoms with Crippen LogP contribution in [-0.2, 0) is 4.74 Å². The molecule has 0 saturated carbocycles. The zero-order valence-corrected chi connectivity index (χ0v) is 11.0. The van der Waals surface area contributed by atoms with Gasteiger partial charge in [0.2, 0.25) is 0 Å². The lowest BCUT2D eigenvalue weighted by atomic mass is 10.1. The van der Waals surface area contributed by atoms with Crippen LogP contribution >= 0.6 is 15.9 Å². The Morgan fingerprint density at radius 3 is 3.06 bits per heavy atom. The molecule has 0 amide bonds. The van der Waals surface area contributed by atoms with E-state index in [2.05, 4.69) is 15.9 Å². The number of amidine groups is 1. The van der Waals surface area contributed by atoms with Crippen molar-refractivity contribution in [2.45, 2.75) is 6.42 Å². The Bertz CT molecular complexity index is 417. The van der Waals surface area contributed by atoms with Crippen molar-refractivity contribution in [2.24, 2.45) is 11.7 Å². The molecule has 92 valence electrons. The van der Waals surface area contributed by atoms with Crippen molar-refractivity contribution >= 4 is 21.8 Å². The van der Waals surface area contributed by atoms with Crippen LogP contribution in [0, 0.1) is 11.3 Å². The number of ether oxygens (including phenoxy) is 2. The lowest BCUT2D eigenvalue weighted by Crippen LogP contribution is -2.16. The Morgan fingerprint density at radius 1 is 1.59 bits per heavy atom. The first-order chi connectivity index (χ1) is 8.16. The van der Waals surface area contributed by atoms with Crippen molar-refractivity contribution in [1.82, 2.24) is 0 Å². The molecule has 1 atom stereocenters. The third kappa shape index (κ3) is 3.20. The lowest BCUT2D eigenvalue weighted by Gasteiger charge is -2.13. The van der Waals surface area contributed by atoms with E-state index in [-0.39, 0.29) is 5.84 Å². The fourth-order valence-electron chi connectivity index (χ4n) is 1.76. The molecule has 3 N–H and O–H groups in total. The Morgan fingerprint density at radius 2 is 2.41 bits per heavy atom. The molecule has 0 bridgehead atoms. The van der Waals surface area contributed by atoms with E-state index < -0.39 is 0 Å². The predicted molar refractivity (Wildman–Crippen MR) is 69.6 cm³/mol. The molecule has 17 heavy (non-hydrogen) atoms. The molecule has 0 aromatic heterocycles. The van der Waals surface area contributed by atoms with Gasteiger partial charge in [-0.2, -0.15) is 0 Å². The maximum atomic E-state index is 7.51. The summed E-state index contributed by atoms with van der Waals surface area (Å²) < 4.78 is 11.9. The molecule has 1 aliphatic rings. The van der Waals surface area contributed by atoms with Gasteiger partial charge in [0, 0.05) is 17.0 Å². The SMILES string of the molecule is N=C(N)c1cc(Br)ccc1OCC1CCOC1. The van der Waals surface area contributed by atoms with Crippen molar-refractivity contribution < 1.29 is 9.47 Å². The van der Waals surface area contributed by atoms with Crippen molar-refractivity contribution in [3.05, 3.63) is 28.2 Å². The number of nitrogens with one attached hydrogen (secondary N) is 1. The van der Waals surface area contributed by atoms with Gasteiger partial charge in [-0.1, -0.05) is 15.9 Å². The number of halogens is 1. The molecule has 1 fully saturated rings. The van der Waals surface area contributed by atoms with Gasteiger partial charge in [-0.25, -0.2) is 0 Å². The average molecular weight is 299 g/mol. The molecular formula is C12H15BrN2O2. The van der Waals surface area contributed by atoms with Crippen molar-refractivity contribution in [3.8, 4) is 5.75 Å². The van der Waals surface area contributed by atoms with Crippen molar-refractivity contribution in [1.29, 1.82) is 5.41 Å². The standard InChI is InChI=1S/C12H15BrN2O2/c13-9-1-2-11(10(5-9)12(14)15)17-7-8-3-4-16-6-8/h1-2,5,8H,3-4,6-7H2,(H3,14,15). The fourth-order valence-corrected chi connectivity index (χ4v) is 2.12. The van der Waals surface area contributed by atoms with Crippen LogP contribution in [0.2, 0.25) is 0 Å². The molecule has 1 saturated heterocycles. The number of nitrogens with two attached hydrogens (primary N) is 1. The van der Waals surface area contributed by atoms with E-state index in [1.165, 1.54) is 0 Å². The second-order valence-corrected chi connectivity index (χ2v) is 5.01. The fraction of sp³-hybridized carbons (Fsp3) is 0.417. The number of hydrogen-bond donors (Lipinski definition) is 2. The molecule has 1 unspecified atom stereocenters. The zero-order valence-electron chi connectivity index (χ0n) is 9.41. The van der Waals surface area contributed by atoms with Gasteiger partial charge < -0.3 is 15.2 Å². The summed E-state index contributed by atoms with van der Waals surface area (Å²) in [5, 5.41) is 7.51. The smallest absolute Gasteiger partial charge is 0.130 e. The summed E-state index contributed by atoms with van der Waals surface area (Å²) in [5.74, 6) is 1.12. The van der Waals surface area contributed by atoms with E-state index in [0.717, 1.165) is 24.1 Å². The number of nitrogen functional groups attached to an aromatic ring is 1. The van der Waals surface area contributed by atoms with Gasteiger partial charge in [0.15, 0.2) is 0 Å². The maximum Gasteiger partial charge on any atom is 0.130 e. The minimum atomic E-state index is 0.0176. The molecule has 2 rings (SSSR count). The van der Waals surface area contributed by atoms with Crippen LogP contribution in [0.3, 0.4) is 0 Å². The van der Waals surface area contributed by atoms with Gasteiger partial charge in [0.25, 0.3) is 0 Å². The van der Waals surface area contributed by atoms with Crippen LogP contribution in [0.1, 0.15) is 12.0 Å². The molecule has 0 radical (unpaired) electrons. The highest BCUT2D eigenvalue weighted by Crippen LogP contribution is 2.24. The molecular weight excluding hydrogens is 284 g/mol. The normalized spacial score (nSPS) is 19.2. The van der Waals surface area contributed by atoms with Crippen LogP contribution in [0.15, 0.2) is 22.7 Å². The third-order valence-electron chi connectivity index (χ3n) is 2.73. The maximum absolute atomic E-state index is 7.51. The zero-order chi connectivity index (χ0) is 12.3. The number of hydrogen-bond acceptors (Lipinski definition) is 3. The van der Waals surface area contributed by atoms with Crippen LogP contribution < -0.4 is 10.5 Å².